The van der Waals surface area contributed by atoms with E-state index in [2.05, 4.69) is 0 Å². The lowest BCUT2D eigenvalue weighted by Gasteiger charge is -2.20. The third-order valence-electron chi connectivity index (χ3n) is 5.98. The summed E-state index contributed by atoms with van der Waals surface area (Å²) in [6, 6.07) is 5.61. The first kappa shape index (κ1) is 31.9. The van der Waals surface area contributed by atoms with Gasteiger partial charge in [-0.1, -0.05) is 26.7 Å². The van der Waals surface area contributed by atoms with E-state index >= 15 is 0 Å². The molecule has 18 heteroatoms. The molecule has 0 saturated carbocycles. The van der Waals surface area contributed by atoms with Gasteiger partial charge in [-0.3, -0.25) is 18.7 Å². The van der Waals surface area contributed by atoms with E-state index in [0.717, 1.165) is 36.4 Å². The fraction of sp³-hybridized carbons (Fsp3) is 0.364. The number of carbonyl (C=O) groups is 2. The Bertz CT molecular complexity index is 1670. The van der Waals surface area contributed by atoms with Crippen molar-refractivity contribution in [2.75, 3.05) is 0 Å². The van der Waals surface area contributed by atoms with Crippen molar-refractivity contribution in [1.29, 1.82) is 0 Å². The number of carbonyl (C=O) groups excluding carboxylic acids is 2. The van der Waals surface area contributed by atoms with E-state index < -0.39 is 72.4 Å². The monoisotopic (exact) mass is 638 g/mol. The van der Waals surface area contributed by atoms with Crippen molar-refractivity contribution in [3.05, 3.63) is 58.7 Å². The Kier molecular flexibility index (Phi) is 9.07. The molecule has 1 aliphatic rings. The van der Waals surface area contributed by atoms with E-state index in [0.29, 0.717) is 0 Å². The largest absolute Gasteiger partial charge is 0.289 e. The summed E-state index contributed by atoms with van der Waals surface area (Å²) >= 11 is 0. The Balaban J connectivity index is 2.01. The first-order valence-corrected chi connectivity index (χ1v) is 17.7. The number of sulfonamides is 2. The smallest absolute Gasteiger partial charge is 0.282 e. The second kappa shape index (κ2) is 11.4. The molecule has 2 aromatic rings. The summed E-state index contributed by atoms with van der Waals surface area (Å²) < 4.78 is 120. The molecule has 0 amide bonds. The molecule has 0 fully saturated rings. The van der Waals surface area contributed by atoms with Gasteiger partial charge in [0.2, 0.25) is 20.0 Å². The molecule has 4 N–H and O–H groups in total. The second-order valence-corrected chi connectivity index (χ2v) is 15.5. The summed E-state index contributed by atoms with van der Waals surface area (Å²) in [7, 11) is -18.7. The SMILES string of the molecule is CCCC(NS(=O)(=O)c1ccc2c(c1)C(=O)c1ccc(S(=O)(=O)NC(CCC)S(=O)(=O)O)cc1C2=O)S(=O)(=O)O. The second-order valence-electron chi connectivity index (χ2n) is 8.90. The lowest BCUT2D eigenvalue weighted by Crippen LogP contribution is -2.40. The number of fused-ring (bicyclic) bond motifs is 2. The van der Waals surface area contributed by atoms with E-state index in [4.69, 9.17) is 0 Å². The van der Waals surface area contributed by atoms with Crippen molar-refractivity contribution in [3.8, 4) is 0 Å². The summed E-state index contributed by atoms with van der Waals surface area (Å²) in [6.07, 6.45) is -0.0545. The van der Waals surface area contributed by atoms with Gasteiger partial charge >= 0.3 is 0 Å². The van der Waals surface area contributed by atoms with Crippen LogP contribution in [0.1, 0.15) is 71.4 Å². The van der Waals surface area contributed by atoms with Gasteiger partial charge in [0.1, 0.15) is 10.7 Å². The highest BCUT2D eigenvalue weighted by atomic mass is 32.2. The molecule has 0 aromatic heterocycles. The van der Waals surface area contributed by atoms with Crippen LogP contribution in [0, 0.1) is 0 Å². The summed E-state index contributed by atoms with van der Waals surface area (Å²) in [5, 5.41) is -3.69. The molecule has 0 heterocycles. The number of benzene rings is 2. The van der Waals surface area contributed by atoms with Crippen LogP contribution in [-0.4, -0.2) is 65.1 Å². The highest BCUT2D eigenvalue weighted by Gasteiger charge is 2.35. The van der Waals surface area contributed by atoms with Gasteiger partial charge in [-0.15, -0.1) is 0 Å². The average molecular weight is 639 g/mol. The Hall–Kier alpha value is -2.58. The van der Waals surface area contributed by atoms with E-state index in [9.17, 15) is 52.4 Å². The van der Waals surface area contributed by atoms with Crippen LogP contribution < -0.4 is 9.44 Å². The van der Waals surface area contributed by atoms with Gasteiger partial charge in [-0.05, 0) is 49.2 Å². The van der Waals surface area contributed by atoms with Crippen molar-refractivity contribution in [3.63, 3.8) is 0 Å². The molecule has 14 nitrogen and oxygen atoms in total. The molecule has 0 bridgehead atoms. The maximum atomic E-state index is 13.2. The molecule has 0 saturated heterocycles. The topological polar surface area (TPSA) is 235 Å². The normalized spacial score (nSPS) is 15.8. The zero-order valence-electron chi connectivity index (χ0n) is 21.1. The zero-order valence-corrected chi connectivity index (χ0v) is 24.3. The minimum atomic E-state index is -4.79. The summed E-state index contributed by atoms with van der Waals surface area (Å²) in [4.78, 5) is 25.3. The standard InChI is InChI=1S/C22H26N2O12S4/c1-3-5-19(39(31,32)33)23-37(27,28)13-7-9-15-17(11-13)21(25)16-10-8-14(12-18(16)22(15)26)38(29,30)24-20(6-4-2)40(34,35)36/h7-12,19-20,23-24H,3-6H2,1-2H3,(H,31,32,33)(H,34,35,36). The van der Waals surface area contributed by atoms with E-state index in [1.165, 1.54) is 0 Å². The minimum absolute atomic E-state index is 0.212. The molecule has 40 heavy (non-hydrogen) atoms. The number of ketones is 2. The fourth-order valence-electron chi connectivity index (χ4n) is 3.99. The van der Waals surface area contributed by atoms with Crippen molar-refractivity contribution >= 4 is 51.8 Å². The van der Waals surface area contributed by atoms with Crippen LogP contribution in [0.5, 0.6) is 0 Å². The van der Waals surface area contributed by atoms with Crippen molar-refractivity contribution in [2.45, 2.75) is 60.1 Å². The highest BCUT2D eigenvalue weighted by molar-refractivity contribution is 7.92. The number of hydrogen-bond acceptors (Lipinski definition) is 10. The molecule has 2 unspecified atom stereocenters. The van der Waals surface area contributed by atoms with Crippen molar-refractivity contribution in [1.82, 2.24) is 9.44 Å². The Morgan fingerprint density at radius 2 is 0.925 bits per heavy atom. The van der Waals surface area contributed by atoms with Crippen molar-refractivity contribution in [2.24, 2.45) is 0 Å². The molecule has 2 atom stereocenters. The Morgan fingerprint density at radius 3 is 1.20 bits per heavy atom. The lowest BCUT2D eigenvalue weighted by atomic mass is 9.84. The number of rotatable bonds is 12. The van der Waals surface area contributed by atoms with Crippen LogP contribution in [-0.2, 0) is 40.3 Å². The maximum absolute atomic E-state index is 13.2. The number of hydrogen-bond donors (Lipinski definition) is 4. The summed E-state index contributed by atoms with van der Waals surface area (Å²) in [5.41, 5.74) is -1.22. The maximum Gasteiger partial charge on any atom is 0.282 e. The van der Waals surface area contributed by atoms with Gasteiger partial charge in [-0.2, -0.15) is 26.3 Å². The predicted molar refractivity (Wildman–Crippen MR) is 141 cm³/mol. The minimum Gasteiger partial charge on any atom is -0.289 e. The highest BCUT2D eigenvalue weighted by Crippen LogP contribution is 2.31. The van der Waals surface area contributed by atoms with Crippen LogP contribution in [0.15, 0.2) is 46.2 Å². The van der Waals surface area contributed by atoms with E-state index in [1.54, 1.807) is 13.8 Å². The van der Waals surface area contributed by atoms with Crippen LogP contribution in [0.3, 0.4) is 0 Å². The van der Waals surface area contributed by atoms with Gasteiger partial charge in [0, 0.05) is 22.3 Å². The molecular weight excluding hydrogens is 613 g/mol. The first-order valence-electron chi connectivity index (χ1n) is 11.7. The summed E-state index contributed by atoms with van der Waals surface area (Å²) in [6.45, 7) is 3.13. The van der Waals surface area contributed by atoms with Gasteiger partial charge in [-0.25, -0.2) is 16.8 Å². The van der Waals surface area contributed by atoms with E-state index in [1.807, 2.05) is 9.44 Å². The molecule has 3 rings (SSSR count). The van der Waals surface area contributed by atoms with Crippen LogP contribution >= 0.6 is 0 Å². The lowest BCUT2D eigenvalue weighted by molar-refractivity contribution is 0.0978. The Morgan fingerprint density at radius 1 is 0.600 bits per heavy atom. The van der Waals surface area contributed by atoms with Crippen LogP contribution in [0.2, 0.25) is 0 Å². The molecular formula is C22H26N2O12S4. The third-order valence-corrected chi connectivity index (χ3v) is 11.4. The predicted octanol–water partition coefficient (Wildman–Crippen LogP) is 1.05. The third kappa shape index (κ3) is 6.65. The molecule has 1 aliphatic carbocycles. The molecule has 0 aliphatic heterocycles. The van der Waals surface area contributed by atoms with Gasteiger partial charge < -0.3 is 0 Å². The van der Waals surface area contributed by atoms with E-state index in [-0.39, 0.29) is 47.9 Å². The molecule has 0 spiro atoms. The zero-order chi connectivity index (χ0) is 30.3. The number of nitrogens with one attached hydrogen (secondary N) is 2. The fourth-order valence-corrected chi connectivity index (χ4v) is 9.03. The summed E-state index contributed by atoms with van der Waals surface area (Å²) in [5.74, 6) is -1.67. The first-order chi connectivity index (χ1) is 18.3. The average Bonchev–Trinajstić information content (AvgIpc) is 2.85. The van der Waals surface area contributed by atoms with Gasteiger partial charge in [0.25, 0.3) is 20.2 Å². The van der Waals surface area contributed by atoms with Crippen LogP contribution in [0.4, 0.5) is 0 Å². The molecule has 2 aromatic carbocycles. The van der Waals surface area contributed by atoms with Crippen molar-refractivity contribution < 1.29 is 52.4 Å². The molecule has 220 valence electrons. The molecule has 0 radical (unpaired) electrons. The quantitative estimate of drug-likeness (QED) is 0.204. The van der Waals surface area contributed by atoms with Gasteiger partial charge in [0.15, 0.2) is 11.6 Å². The van der Waals surface area contributed by atoms with Crippen LogP contribution in [0.25, 0.3) is 0 Å². The Labute approximate surface area is 231 Å². The van der Waals surface area contributed by atoms with Gasteiger partial charge in [0.05, 0.1) is 9.79 Å².